The van der Waals surface area contributed by atoms with Crippen LogP contribution in [0.1, 0.15) is 0 Å². The lowest BCUT2D eigenvalue weighted by molar-refractivity contribution is 1.18. The van der Waals surface area contributed by atoms with Gasteiger partial charge in [-0.25, -0.2) is 0 Å². The van der Waals surface area contributed by atoms with E-state index >= 15 is 0 Å². The zero-order valence-corrected chi connectivity index (χ0v) is 28.6. The number of hydrogen-bond donors (Lipinski definition) is 0. The molecule has 10 aromatic rings. The lowest BCUT2D eigenvalue weighted by Crippen LogP contribution is -2.09. The maximum Gasteiger partial charge on any atom is 0.0562 e. The Morgan fingerprint density at radius 2 is 0.980 bits per heavy atom. The Labute approximate surface area is 300 Å². The molecule has 2 aromatic heterocycles. The first-order chi connectivity index (χ1) is 25.3. The fraction of sp³-hybridized carbons (Fsp3) is 0. The van der Waals surface area contributed by atoms with Crippen molar-refractivity contribution >= 4 is 70.4 Å². The molecular weight excluding hydrogens is 637 g/mol. The first kappa shape index (κ1) is 29.5. The average Bonchev–Trinajstić information content (AvgIpc) is 3.74. The van der Waals surface area contributed by atoms with Crippen LogP contribution in [0.3, 0.4) is 0 Å². The third-order valence-electron chi connectivity index (χ3n) is 9.98. The molecule has 0 N–H and O–H groups in total. The molecule has 0 bridgehead atoms. The summed E-state index contributed by atoms with van der Waals surface area (Å²) in [6.45, 7) is 0. The van der Waals surface area contributed by atoms with E-state index in [0.29, 0.717) is 0 Å². The Morgan fingerprint density at radius 3 is 1.78 bits per heavy atom. The summed E-state index contributed by atoms with van der Waals surface area (Å²) in [7, 11) is 0. The third-order valence-corrected chi connectivity index (χ3v) is 11.1. The molecule has 0 aliphatic rings. The summed E-state index contributed by atoms with van der Waals surface area (Å²) in [5, 5.41) is 5.09. The van der Waals surface area contributed by atoms with Crippen molar-refractivity contribution in [3.8, 4) is 27.9 Å². The van der Waals surface area contributed by atoms with Gasteiger partial charge >= 0.3 is 0 Å². The highest BCUT2D eigenvalue weighted by Crippen LogP contribution is 2.45. The summed E-state index contributed by atoms with van der Waals surface area (Å²) in [5.74, 6) is 0. The largest absolute Gasteiger partial charge is 0.310 e. The van der Waals surface area contributed by atoms with Crippen molar-refractivity contribution in [3.63, 3.8) is 0 Å². The predicted molar refractivity (Wildman–Crippen MR) is 219 cm³/mol. The Morgan fingerprint density at radius 1 is 0.373 bits per heavy atom. The fourth-order valence-corrected chi connectivity index (χ4v) is 8.88. The summed E-state index contributed by atoms with van der Waals surface area (Å²) >= 11 is 1.86. The number of thiophene rings is 1. The molecule has 0 fully saturated rings. The molecule has 51 heavy (non-hydrogen) atoms. The highest BCUT2D eigenvalue weighted by molar-refractivity contribution is 7.25. The molecule has 0 saturated carbocycles. The van der Waals surface area contributed by atoms with Gasteiger partial charge < -0.3 is 9.47 Å². The van der Waals surface area contributed by atoms with Gasteiger partial charge in [-0.2, -0.15) is 0 Å². The smallest absolute Gasteiger partial charge is 0.0562 e. The van der Waals surface area contributed by atoms with Gasteiger partial charge in [-0.1, -0.05) is 133 Å². The zero-order chi connectivity index (χ0) is 33.7. The fourth-order valence-electron chi connectivity index (χ4n) is 7.74. The molecule has 0 radical (unpaired) electrons. The van der Waals surface area contributed by atoms with Crippen LogP contribution in [0.2, 0.25) is 0 Å². The van der Waals surface area contributed by atoms with E-state index in [0.717, 1.165) is 22.7 Å². The van der Waals surface area contributed by atoms with Gasteiger partial charge in [-0.15, -0.1) is 11.3 Å². The van der Waals surface area contributed by atoms with Crippen LogP contribution < -0.4 is 4.90 Å². The number of para-hydroxylation sites is 2. The minimum atomic E-state index is 1.11. The first-order valence-electron chi connectivity index (χ1n) is 17.4. The molecule has 0 unspecified atom stereocenters. The van der Waals surface area contributed by atoms with Crippen molar-refractivity contribution in [2.75, 3.05) is 4.90 Å². The quantitative estimate of drug-likeness (QED) is 0.171. The zero-order valence-electron chi connectivity index (χ0n) is 27.8. The van der Waals surface area contributed by atoms with E-state index in [1.54, 1.807) is 0 Å². The summed E-state index contributed by atoms with van der Waals surface area (Å²) in [6.07, 6.45) is 0. The molecule has 0 amide bonds. The molecule has 2 heterocycles. The number of hydrogen-bond acceptors (Lipinski definition) is 2. The van der Waals surface area contributed by atoms with Gasteiger partial charge in [0.15, 0.2) is 0 Å². The number of benzene rings is 8. The van der Waals surface area contributed by atoms with Crippen molar-refractivity contribution in [1.29, 1.82) is 0 Å². The third kappa shape index (κ3) is 4.93. The Balaban J connectivity index is 1.23. The van der Waals surface area contributed by atoms with Gasteiger partial charge in [0.1, 0.15) is 0 Å². The van der Waals surface area contributed by atoms with Crippen molar-refractivity contribution in [1.82, 2.24) is 4.57 Å². The lowest BCUT2D eigenvalue weighted by atomic mass is 9.92. The summed E-state index contributed by atoms with van der Waals surface area (Å²) in [4.78, 5) is 2.39. The van der Waals surface area contributed by atoms with Crippen LogP contribution in [-0.2, 0) is 0 Å². The first-order valence-corrected chi connectivity index (χ1v) is 18.2. The minimum Gasteiger partial charge on any atom is -0.310 e. The van der Waals surface area contributed by atoms with Gasteiger partial charge in [0.2, 0.25) is 0 Å². The number of fused-ring (bicyclic) bond motifs is 6. The minimum absolute atomic E-state index is 1.11. The van der Waals surface area contributed by atoms with Crippen molar-refractivity contribution in [2.24, 2.45) is 0 Å². The van der Waals surface area contributed by atoms with E-state index in [9.17, 15) is 0 Å². The van der Waals surface area contributed by atoms with Crippen molar-refractivity contribution < 1.29 is 0 Å². The van der Waals surface area contributed by atoms with Crippen LogP contribution in [-0.4, -0.2) is 4.57 Å². The van der Waals surface area contributed by atoms with Crippen molar-refractivity contribution in [3.05, 3.63) is 194 Å². The SMILES string of the molecule is c1ccc(-c2ccccc2-c2cccc3c2c2ccc(N(c4ccccc4)c4ccc5c(c4)sc4ccccc45)cc2n3-c2ccccc2)cc1. The highest BCUT2D eigenvalue weighted by Gasteiger charge is 2.21. The molecule has 0 spiro atoms. The molecule has 0 aliphatic carbocycles. The number of nitrogens with zero attached hydrogens (tertiary/aromatic N) is 2. The van der Waals surface area contributed by atoms with E-state index in [4.69, 9.17) is 0 Å². The normalized spacial score (nSPS) is 11.5. The summed E-state index contributed by atoms with van der Waals surface area (Å²) in [5.41, 5.74) is 11.8. The van der Waals surface area contributed by atoms with Gasteiger partial charge in [0.05, 0.1) is 11.0 Å². The molecule has 0 atom stereocenters. The average molecular weight is 669 g/mol. The maximum absolute atomic E-state index is 2.43. The number of anilines is 3. The monoisotopic (exact) mass is 668 g/mol. The second-order valence-corrected chi connectivity index (χ2v) is 14.0. The second kappa shape index (κ2) is 12.2. The summed E-state index contributed by atoms with van der Waals surface area (Å²) < 4.78 is 5.03. The Hall–Kier alpha value is -6.42. The number of aromatic nitrogens is 1. The molecule has 8 aromatic carbocycles. The number of rotatable bonds is 6. The van der Waals surface area contributed by atoms with E-state index in [1.165, 1.54) is 64.2 Å². The van der Waals surface area contributed by atoms with Crippen LogP contribution in [0.15, 0.2) is 194 Å². The predicted octanol–water partition coefficient (Wildman–Crippen LogP) is 14.0. The van der Waals surface area contributed by atoms with E-state index in [1.807, 2.05) is 11.3 Å². The van der Waals surface area contributed by atoms with Gasteiger partial charge in [0.25, 0.3) is 0 Å². The van der Waals surface area contributed by atoms with Crippen LogP contribution >= 0.6 is 11.3 Å². The lowest BCUT2D eigenvalue weighted by Gasteiger charge is -2.26. The van der Waals surface area contributed by atoms with Gasteiger partial charge in [0, 0.05) is 53.7 Å². The van der Waals surface area contributed by atoms with Crippen molar-refractivity contribution in [2.45, 2.75) is 0 Å². The topological polar surface area (TPSA) is 8.17 Å². The van der Waals surface area contributed by atoms with E-state index < -0.39 is 0 Å². The molecule has 240 valence electrons. The Bertz CT molecular complexity index is 2850. The van der Waals surface area contributed by atoms with Crippen LogP contribution in [0.5, 0.6) is 0 Å². The van der Waals surface area contributed by atoms with Gasteiger partial charge in [-0.05, 0) is 82.9 Å². The van der Waals surface area contributed by atoms with E-state index in [-0.39, 0.29) is 0 Å². The van der Waals surface area contributed by atoms with Crippen LogP contribution in [0.25, 0.3) is 69.9 Å². The van der Waals surface area contributed by atoms with Crippen LogP contribution in [0, 0.1) is 0 Å². The van der Waals surface area contributed by atoms with Gasteiger partial charge in [-0.3, -0.25) is 0 Å². The highest BCUT2D eigenvalue weighted by atomic mass is 32.1. The standard InChI is InChI=1S/C48H32N2S/c1-4-15-33(16-5-1)38-21-10-11-22-39(38)42-24-14-25-44-48(42)43-30-28-36(31-45(43)50(44)35-19-8-3-9-20-35)49(34-17-6-2-7-18-34)37-27-29-41-40-23-12-13-26-46(40)51-47(41)32-37/h1-32H. The second-order valence-electron chi connectivity index (χ2n) is 12.9. The molecule has 0 saturated heterocycles. The summed E-state index contributed by atoms with van der Waals surface area (Å²) in [6, 6.07) is 70.3. The van der Waals surface area contributed by atoms with E-state index in [2.05, 4.69) is 204 Å². The molecule has 0 aliphatic heterocycles. The molecule has 10 rings (SSSR count). The molecule has 3 heteroatoms. The molecule has 2 nitrogen and oxygen atoms in total. The maximum atomic E-state index is 2.43. The molecular formula is C48H32N2S. The van der Waals surface area contributed by atoms with Crippen LogP contribution in [0.4, 0.5) is 17.1 Å². The Kier molecular flexibility index (Phi) is 7.04.